The Kier molecular flexibility index (Phi) is 3.42. The fourth-order valence-corrected chi connectivity index (χ4v) is 3.00. The molecule has 6 nitrogen and oxygen atoms in total. The molecule has 3 N–H and O–H groups in total. The van der Waals surface area contributed by atoms with Crippen LogP contribution in [0.4, 0.5) is 4.39 Å². The highest BCUT2D eigenvalue weighted by Crippen LogP contribution is 2.31. The lowest BCUT2D eigenvalue weighted by atomic mass is 10.0. The molecule has 2 aromatic heterocycles. The lowest BCUT2D eigenvalue weighted by Crippen LogP contribution is -2.19. The average molecular weight is 339 g/mol. The average Bonchev–Trinajstić information content (AvgIpc) is 3.12. The summed E-state index contributed by atoms with van der Waals surface area (Å²) in [6, 6.07) is 9.88. The van der Waals surface area contributed by atoms with Crippen LogP contribution in [0, 0.1) is 5.82 Å². The molecule has 2 aromatic carbocycles. The van der Waals surface area contributed by atoms with E-state index in [2.05, 4.69) is 4.98 Å². The molecule has 126 valence electrons. The van der Waals surface area contributed by atoms with Gasteiger partial charge < -0.3 is 15.1 Å². The third kappa shape index (κ3) is 2.59. The molecule has 4 rings (SSSR count). The molecular weight excluding hydrogens is 325 g/mol. The number of nitrogens with two attached hydrogens (primary N) is 1. The molecule has 0 spiro atoms. The number of aryl methyl sites for hydroxylation is 1. The molecule has 0 aliphatic carbocycles. The second-order valence-electron chi connectivity index (χ2n) is 5.81. The lowest BCUT2D eigenvalue weighted by molar-refractivity contribution is -0.118. The van der Waals surface area contributed by atoms with Gasteiger partial charge in [-0.25, -0.2) is 9.18 Å². The van der Waals surface area contributed by atoms with Crippen LogP contribution in [0.1, 0.15) is 6.42 Å². The van der Waals surface area contributed by atoms with Crippen LogP contribution in [0.3, 0.4) is 0 Å². The van der Waals surface area contributed by atoms with Crippen molar-refractivity contribution >= 4 is 27.9 Å². The molecule has 0 atom stereocenters. The van der Waals surface area contributed by atoms with Gasteiger partial charge in [-0.1, -0.05) is 6.07 Å². The monoisotopic (exact) mass is 339 g/mol. The molecule has 0 saturated heterocycles. The number of carbonyl (C=O) groups excluding carboxylic acids is 1. The first-order valence-corrected chi connectivity index (χ1v) is 7.71. The Labute approximate surface area is 140 Å². The first-order chi connectivity index (χ1) is 12.0. The van der Waals surface area contributed by atoms with Crippen molar-refractivity contribution in [1.82, 2.24) is 9.55 Å². The number of nitrogens with one attached hydrogen (secondary N) is 1. The molecular formula is C18H14FN3O3. The van der Waals surface area contributed by atoms with Crippen LogP contribution < -0.4 is 11.5 Å². The lowest BCUT2D eigenvalue weighted by Gasteiger charge is -2.03. The predicted molar refractivity (Wildman–Crippen MR) is 91.5 cm³/mol. The van der Waals surface area contributed by atoms with Crippen molar-refractivity contribution in [1.29, 1.82) is 0 Å². The minimum Gasteiger partial charge on any atom is -0.408 e. The highest BCUT2D eigenvalue weighted by Gasteiger charge is 2.13. The number of aromatic nitrogens is 2. The molecule has 2 heterocycles. The van der Waals surface area contributed by atoms with Crippen molar-refractivity contribution in [3.63, 3.8) is 0 Å². The molecule has 0 aliphatic rings. The van der Waals surface area contributed by atoms with Crippen molar-refractivity contribution in [3.8, 4) is 11.1 Å². The van der Waals surface area contributed by atoms with Gasteiger partial charge in [0.2, 0.25) is 5.91 Å². The minimum absolute atomic E-state index is 0.0468. The van der Waals surface area contributed by atoms with Gasteiger partial charge in [0.25, 0.3) is 0 Å². The third-order valence-electron chi connectivity index (χ3n) is 4.20. The molecule has 25 heavy (non-hydrogen) atoms. The van der Waals surface area contributed by atoms with E-state index in [1.54, 1.807) is 18.3 Å². The summed E-state index contributed by atoms with van der Waals surface area (Å²) in [4.78, 5) is 26.0. The summed E-state index contributed by atoms with van der Waals surface area (Å²) >= 11 is 0. The Morgan fingerprint density at radius 2 is 2.08 bits per heavy atom. The molecule has 0 aliphatic heterocycles. The maximum Gasteiger partial charge on any atom is 0.419 e. The van der Waals surface area contributed by atoms with Crippen LogP contribution in [-0.4, -0.2) is 15.5 Å². The number of oxazole rings is 1. The van der Waals surface area contributed by atoms with Crippen LogP contribution in [0.2, 0.25) is 0 Å². The third-order valence-corrected chi connectivity index (χ3v) is 4.20. The summed E-state index contributed by atoms with van der Waals surface area (Å²) in [7, 11) is 0. The zero-order valence-corrected chi connectivity index (χ0v) is 13.1. The number of hydrogen-bond donors (Lipinski definition) is 2. The molecule has 4 aromatic rings. The van der Waals surface area contributed by atoms with Crippen molar-refractivity contribution in [2.24, 2.45) is 5.73 Å². The van der Waals surface area contributed by atoms with Crippen molar-refractivity contribution in [2.45, 2.75) is 13.0 Å². The van der Waals surface area contributed by atoms with Crippen LogP contribution >= 0.6 is 0 Å². The fraction of sp³-hybridized carbons (Fsp3) is 0.111. The molecule has 0 unspecified atom stereocenters. The van der Waals surface area contributed by atoms with E-state index >= 15 is 0 Å². The quantitative estimate of drug-likeness (QED) is 0.598. The smallest absolute Gasteiger partial charge is 0.408 e. The number of H-pyrrole nitrogens is 1. The number of hydrogen-bond acceptors (Lipinski definition) is 3. The number of benzene rings is 2. The summed E-state index contributed by atoms with van der Waals surface area (Å²) < 4.78 is 19.9. The van der Waals surface area contributed by atoms with E-state index in [4.69, 9.17) is 10.2 Å². The van der Waals surface area contributed by atoms with Crippen LogP contribution in [-0.2, 0) is 11.3 Å². The van der Waals surface area contributed by atoms with Crippen LogP contribution in [0.25, 0.3) is 33.1 Å². The number of fused-ring (bicyclic) bond motifs is 2. The van der Waals surface area contributed by atoms with Gasteiger partial charge in [-0.15, -0.1) is 0 Å². The SMILES string of the molecule is NC(=O)CCn1c(=O)oc2ccc(-c3c[nH]c4cc(F)ccc34)cc21. The maximum absolute atomic E-state index is 13.4. The largest absolute Gasteiger partial charge is 0.419 e. The predicted octanol–water partition coefficient (Wildman–Crippen LogP) is 2.76. The van der Waals surface area contributed by atoms with Crippen molar-refractivity contribution in [2.75, 3.05) is 0 Å². The number of rotatable bonds is 4. The summed E-state index contributed by atoms with van der Waals surface area (Å²) in [6.07, 6.45) is 1.84. The number of aromatic amines is 1. The van der Waals surface area contributed by atoms with Crippen molar-refractivity contribution < 1.29 is 13.6 Å². The van der Waals surface area contributed by atoms with Gasteiger partial charge in [-0.2, -0.15) is 0 Å². The number of nitrogens with zero attached hydrogens (tertiary/aromatic N) is 1. The van der Waals surface area contributed by atoms with E-state index in [1.165, 1.54) is 16.7 Å². The van der Waals surface area contributed by atoms with Gasteiger partial charge in [0.05, 0.1) is 5.52 Å². The van der Waals surface area contributed by atoms with E-state index in [9.17, 15) is 14.0 Å². The summed E-state index contributed by atoms with van der Waals surface area (Å²) in [6.45, 7) is 0.156. The molecule has 0 bridgehead atoms. The van der Waals surface area contributed by atoms with E-state index in [1.807, 2.05) is 12.1 Å². The summed E-state index contributed by atoms with van der Waals surface area (Å²) in [5.74, 6) is -1.34. The number of carbonyl (C=O) groups is 1. The molecule has 0 radical (unpaired) electrons. The van der Waals surface area contributed by atoms with E-state index < -0.39 is 11.7 Å². The molecule has 1 amide bonds. The Bertz CT molecular complexity index is 1170. The second-order valence-corrected chi connectivity index (χ2v) is 5.81. The topological polar surface area (TPSA) is 94.0 Å². The standard InChI is InChI=1S/C18H14FN3O3/c19-11-2-3-12-13(9-21-14(12)8-11)10-1-4-16-15(7-10)22(18(24)25-16)6-5-17(20)23/h1-4,7-9,21H,5-6H2,(H2,20,23). The van der Waals surface area contributed by atoms with Gasteiger partial charge in [-0.05, 0) is 35.9 Å². The molecule has 0 saturated carbocycles. The van der Waals surface area contributed by atoms with Gasteiger partial charge in [0.1, 0.15) is 5.82 Å². The second kappa shape index (κ2) is 5.62. The summed E-state index contributed by atoms with van der Waals surface area (Å²) in [5, 5.41) is 0.871. The number of amides is 1. The number of primary amides is 1. The Morgan fingerprint density at radius 1 is 1.24 bits per heavy atom. The maximum atomic E-state index is 13.4. The Hall–Kier alpha value is -3.35. The Balaban J connectivity index is 1.86. The molecule has 7 heteroatoms. The first kappa shape index (κ1) is 15.2. The van der Waals surface area contributed by atoms with Gasteiger partial charge in [0.15, 0.2) is 5.58 Å². The highest BCUT2D eigenvalue weighted by atomic mass is 19.1. The zero-order valence-electron chi connectivity index (χ0n) is 13.1. The van der Waals surface area contributed by atoms with Gasteiger partial charge in [-0.3, -0.25) is 9.36 Å². The Morgan fingerprint density at radius 3 is 2.88 bits per heavy atom. The zero-order chi connectivity index (χ0) is 17.6. The van der Waals surface area contributed by atoms with E-state index in [-0.39, 0.29) is 18.8 Å². The van der Waals surface area contributed by atoms with E-state index in [0.717, 1.165) is 16.5 Å². The minimum atomic E-state index is -0.533. The van der Waals surface area contributed by atoms with E-state index in [0.29, 0.717) is 16.6 Å². The normalized spacial score (nSPS) is 11.4. The van der Waals surface area contributed by atoms with Crippen LogP contribution in [0.5, 0.6) is 0 Å². The highest BCUT2D eigenvalue weighted by molar-refractivity contribution is 5.97. The fourth-order valence-electron chi connectivity index (χ4n) is 3.00. The van der Waals surface area contributed by atoms with Gasteiger partial charge >= 0.3 is 5.76 Å². The van der Waals surface area contributed by atoms with Gasteiger partial charge in [0, 0.05) is 35.6 Å². The van der Waals surface area contributed by atoms with Crippen LogP contribution in [0.15, 0.2) is 51.8 Å². The molecule has 0 fully saturated rings. The summed E-state index contributed by atoms with van der Waals surface area (Å²) in [5.41, 5.74) is 8.60. The number of halogens is 1. The first-order valence-electron chi connectivity index (χ1n) is 7.71. The van der Waals surface area contributed by atoms with Crippen molar-refractivity contribution in [3.05, 3.63) is 59.0 Å².